The van der Waals surface area contributed by atoms with Crippen molar-refractivity contribution in [2.75, 3.05) is 6.54 Å². The Kier molecular flexibility index (Phi) is 4.44. The smallest absolute Gasteiger partial charge is 0.354 e. The minimum Gasteiger partial charge on any atom is -0.477 e. The molecule has 2 rings (SSSR count). The van der Waals surface area contributed by atoms with Crippen molar-refractivity contribution in [3.05, 3.63) is 65.5 Å². The van der Waals surface area contributed by atoms with Gasteiger partial charge in [-0.25, -0.2) is 9.78 Å². The molecule has 2 N–H and O–H groups in total. The molecule has 0 aliphatic carbocycles. The van der Waals surface area contributed by atoms with Gasteiger partial charge in [0.25, 0.3) is 5.91 Å². The van der Waals surface area contributed by atoms with Gasteiger partial charge in [-0.05, 0) is 24.1 Å². The second kappa shape index (κ2) is 6.47. The van der Waals surface area contributed by atoms with E-state index >= 15 is 0 Å². The third-order valence-electron chi connectivity index (χ3n) is 2.79. The molecule has 2 aromatic rings. The fourth-order valence-electron chi connectivity index (χ4n) is 1.72. The molecule has 20 heavy (non-hydrogen) atoms. The number of carboxylic acid groups (broad SMARTS) is 1. The van der Waals surface area contributed by atoms with Crippen LogP contribution in [0.5, 0.6) is 0 Å². The number of hydrogen-bond donors (Lipinski definition) is 2. The summed E-state index contributed by atoms with van der Waals surface area (Å²) < 4.78 is 0. The van der Waals surface area contributed by atoms with Crippen LogP contribution in [0, 0.1) is 0 Å². The molecule has 0 saturated carbocycles. The molecule has 0 aliphatic heterocycles. The summed E-state index contributed by atoms with van der Waals surface area (Å²) in [6.45, 7) is 0.517. The zero-order chi connectivity index (χ0) is 14.4. The number of aromatic nitrogens is 1. The van der Waals surface area contributed by atoms with Crippen molar-refractivity contribution in [3.63, 3.8) is 0 Å². The number of carboxylic acids is 1. The molecular weight excluding hydrogens is 256 g/mol. The van der Waals surface area contributed by atoms with Crippen molar-refractivity contribution in [2.24, 2.45) is 0 Å². The summed E-state index contributed by atoms with van der Waals surface area (Å²) in [6.07, 6.45) is 2.01. The van der Waals surface area contributed by atoms with Gasteiger partial charge in [0.15, 0.2) is 0 Å². The minimum absolute atomic E-state index is 0.0779. The van der Waals surface area contributed by atoms with Crippen molar-refractivity contribution in [1.82, 2.24) is 10.3 Å². The molecule has 1 amide bonds. The van der Waals surface area contributed by atoms with Gasteiger partial charge in [-0.1, -0.05) is 30.3 Å². The van der Waals surface area contributed by atoms with Crippen LogP contribution in [0.1, 0.15) is 26.4 Å². The average molecular weight is 270 g/mol. The number of amides is 1. The number of carbonyl (C=O) groups excluding carboxylic acids is 1. The Morgan fingerprint density at radius 2 is 1.85 bits per heavy atom. The molecule has 0 radical (unpaired) electrons. The van der Waals surface area contributed by atoms with E-state index < -0.39 is 5.97 Å². The molecule has 0 aliphatic rings. The Morgan fingerprint density at radius 1 is 1.10 bits per heavy atom. The number of nitrogens with zero attached hydrogens (tertiary/aromatic N) is 1. The average Bonchev–Trinajstić information content (AvgIpc) is 2.48. The summed E-state index contributed by atoms with van der Waals surface area (Å²) in [5.41, 5.74) is 1.42. The van der Waals surface area contributed by atoms with E-state index in [9.17, 15) is 9.59 Å². The molecule has 0 unspecified atom stereocenters. The first-order chi connectivity index (χ1) is 9.66. The lowest BCUT2D eigenvalue weighted by atomic mass is 10.1. The van der Waals surface area contributed by atoms with Crippen molar-refractivity contribution in [1.29, 1.82) is 0 Å². The zero-order valence-electron chi connectivity index (χ0n) is 10.7. The number of rotatable bonds is 5. The van der Waals surface area contributed by atoms with Crippen molar-refractivity contribution < 1.29 is 14.7 Å². The minimum atomic E-state index is -1.11. The van der Waals surface area contributed by atoms with E-state index in [0.29, 0.717) is 12.1 Å². The monoisotopic (exact) mass is 270 g/mol. The second-order valence-electron chi connectivity index (χ2n) is 4.23. The van der Waals surface area contributed by atoms with Crippen LogP contribution in [0.25, 0.3) is 0 Å². The van der Waals surface area contributed by atoms with Crippen LogP contribution in [-0.4, -0.2) is 28.5 Å². The van der Waals surface area contributed by atoms with Gasteiger partial charge in [0.05, 0.1) is 5.56 Å². The first kappa shape index (κ1) is 13.7. The van der Waals surface area contributed by atoms with Gasteiger partial charge < -0.3 is 10.4 Å². The molecule has 1 heterocycles. The topological polar surface area (TPSA) is 79.3 Å². The van der Waals surface area contributed by atoms with Crippen LogP contribution in [0.3, 0.4) is 0 Å². The van der Waals surface area contributed by atoms with E-state index in [4.69, 9.17) is 5.11 Å². The fraction of sp³-hybridized carbons (Fsp3) is 0.133. The summed E-state index contributed by atoms with van der Waals surface area (Å²) in [7, 11) is 0. The highest BCUT2D eigenvalue weighted by Crippen LogP contribution is 2.01. The van der Waals surface area contributed by atoms with Gasteiger partial charge in [-0.15, -0.1) is 0 Å². The number of hydrogen-bond acceptors (Lipinski definition) is 3. The van der Waals surface area contributed by atoms with E-state index in [1.165, 1.54) is 18.3 Å². The van der Waals surface area contributed by atoms with Crippen LogP contribution < -0.4 is 5.32 Å². The predicted molar refractivity (Wildman–Crippen MR) is 73.7 cm³/mol. The SMILES string of the molecule is O=C(NCCc1ccccc1)c1ccc(C(=O)O)nc1. The number of aromatic carboxylic acids is 1. The summed E-state index contributed by atoms with van der Waals surface area (Å²) >= 11 is 0. The normalized spacial score (nSPS) is 10.0. The third kappa shape index (κ3) is 3.65. The quantitative estimate of drug-likeness (QED) is 0.867. The Labute approximate surface area is 116 Å². The van der Waals surface area contributed by atoms with E-state index in [1.807, 2.05) is 30.3 Å². The van der Waals surface area contributed by atoms with Gasteiger partial charge >= 0.3 is 5.97 Å². The highest BCUT2D eigenvalue weighted by molar-refractivity contribution is 5.94. The molecule has 0 bridgehead atoms. The van der Waals surface area contributed by atoms with Crippen LogP contribution in [-0.2, 0) is 6.42 Å². The lowest BCUT2D eigenvalue weighted by molar-refractivity contribution is 0.0689. The molecule has 102 valence electrons. The van der Waals surface area contributed by atoms with Gasteiger partial charge in [0, 0.05) is 12.7 Å². The second-order valence-corrected chi connectivity index (χ2v) is 4.23. The van der Waals surface area contributed by atoms with E-state index in [2.05, 4.69) is 10.3 Å². The Hall–Kier alpha value is -2.69. The molecule has 0 spiro atoms. The first-order valence-electron chi connectivity index (χ1n) is 6.18. The highest BCUT2D eigenvalue weighted by Gasteiger charge is 2.08. The fourth-order valence-corrected chi connectivity index (χ4v) is 1.72. The molecule has 0 saturated heterocycles. The lowest BCUT2D eigenvalue weighted by Crippen LogP contribution is -2.25. The van der Waals surface area contributed by atoms with Gasteiger partial charge in [0.1, 0.15) is 5.69 Å². The van der Waals surface area contributed by atoms with Crippen LogP contribution in [0.15, 0.2) is 48.7 Å². The maximum absolute atomic E-state index is 11.8. The molecule has 5 nitrogen and oxygen atoms in total. The van der Waals surface area contributed by atoms with Crippen molar-refractivity contribution in [2.45, 2.75) is 6.42 Å². The van der Waals surface area contributed by atoms with Gasteiger partial charge in [-0.3, -0.25) is 4.79 Å². The summed E-state index contributed by atoms with van der Waals surface area (Å²) in [4.78, 5) is 26.2. The third-order valence-corrected chi connectivity index (χ3v) is 2.79. The number of carbonyl (C=O) groups is 2. The van der Waals surface area contributed by atoms with Gasteiger partial charge in [-0.2, -0.15) is 0 Å². The Bertz CT molecular complexity index is 594. The zero-order valence-corrected chi connectivity index (χ0v) is 10.7. The van der Waals surface area contributed by atoms with Crippen LogP contribution in [0.4, 0.5) is 0 Å². The van der Waals surface area contributed by atoms with Gasteiger partial charge in [0.2, 0.25) is 0 Å². The lowest BCUT2D eigenvalue weighted by Gasteiger charge is -2.05. The Morgan fingerprint density at radius 3 is 2.45 bits per heavy atom. The standard InChI is InChI=1S/C15H14N2O3/c18-14(12-6-7-13(15(19)20)17-10-12)16-9-8-11-4-2-1-3-5-11/h1-7,10H,8-9H2,(H,16,18)(H,19,20). The maximum Gasteiger partial charge on any atom is 0.354 e. The number of pyridine rings is 1. The summed E-state index contributed by atoms with van der Waals surface area (Å²) in [6, 6.07) is 12.6. The maximum atomic E-state index is 11.8. The first-order valence-corrected chi connectivity index (χ1v) is 6.18. The molecule has 1 aromatic carbocycles. The molecular formula is C15H14N2O3. The summed E-state index contributed by atoms with van der Waals surface area (Å²) in [5, 5.41) is 11.5. The Balaban J connectivity index is 1.87. The number of benzene rings is 1. The van der Waals surface area contributed by atoms with E-state index in [-0.39, 0.29) is 11.6 Å². The molecule has 1 aromatic heterocycles. The van der Waals surface area contributed by atoms with Crippen molar-refractivity contribution >= 4 is 11.9 Å². The predicted octanol–water partition coefficient (Wildman–Crippen LogP) is 1.75. The van der Waals surface area contributed by atoms with E-state index in [1.54, 1.807) is 0 Å². The van der Waals surface area contributed by atoms with Crippen molar-refractivity contribution in [3.8, 4) is 0 Å². The molecule has 0 fully saturated rings. The molecule has 0 atom stereocenters. The molecule has 5 heteroatoms. The summed E-state index contributed by atoms with van der Waals surface area (Å²) in [5.74, 6) is -1.37. The van der Waals surface area contributed by atoms with E-state index in [0.717, 1.165) is 12.0 Å². The van der Waals surface area contributed by atoms with Crippen LogP contribution >= 0.6 is 0 Å². The highest BCUT2D eigenvalue weighted by atomic mass is 16.4. The largest absolute Gasteiger partial charge is 0.477 e. The number of nitrogens with one attached hydrogen (secondary N) is 1. The van der Waals surface area contributed by atoms with Crippen LogP contribution in [0.2, 0.25) is 0 Å².